The molecule has 0 fully saturated rings. The van der Waals surface area contributed by atoms with Gasteiger partial charge in [0.15, 0.2) is 0 Å². The molecule has 7 aromatic carbocycles. The summed E-state index contributed by atoms with van der Waals surface area (Å²) in [6.45, 7) is 5.11. The third-order valence-electron chi connectivity index (χ3n) is 9.24. The number of ether oxygens (including phenoxy) is 4. The van der Waals surface area contributed by atoms with Crippen molar-refractivity contribution in [2.24, 2.45) is 0 Å². The minimum Gasteiger partial charge on any atom is -0.497 e. The monoisotopic (exact) mass is 712 g/mol. The number of hydrogen-bond donors (Lipinski definition) is 0. The third kappa shape index (κ3) is 8.68. The van der Waals surface area contributed by atoms with Crippen LogP contribution in [0.15, 0.2) is 170 Å². The second kappa shape index (κ2) is 16.8. The van der Waals surface area contributed by atoms with Crippen LogP contribution in [0.3, 0.4) is 0 Å². The predicted molar refractivity (Wildman–Crippen MR) is 220 cm³/mol. The molecule has 54 heavy (non-hydrogen) atoms. The molecule has 0 radical (unpaired) electrons. The van der Waals surface area contributed by atoms with Crippen LogP contribution in [0.1, 0.15) is 22.3 Å². The molecule has 7 aromatic rings. The lowest BCUT2D eigenvalue weighted by molar-refractivity contribution is 0.300. The molecule has 6 heteroatoms. The predicted octanol–water partition coefficient (Wildman–Crippen LogP) is 12.4. The first-order valence-electron chi connectivity index (χ1n) is 18.0. The van der Waals surface area contributed by atoms with Gasteiger partial charge in [0.25, 0.3) is 0 Å². The smallest absolute Gasteiger partial charge is 0.119 e. The summed E-state index contributed by atoms with van der Waals surface area (Å²) in [4.78, 5) is 4.45. The molecule has 0 heterocycles. The van der Waals surface area contributed by atoms with Crippen molar-refractivity contribution >= 4 is 34.1 Å². The van der Waals surface area contributed by atoms with E-state index in [-0.39, 0.29) is 0 Å². The maximum Gasteiger partial charge on any atom is 0.119 e. The van der Waals surface area contributed by atoms with Crippen LogP contribution in [0, 0.1) is 13.8 Å². The fourth-order valence-corrected chi connectivity index (χ4v) is 6.27. The molecule has 0 aliphatic heterocycles. The molecule has 0 saturated carbocycles. The number of hydrogen-bond acceptors (Lipinski definition) is 6. The van der Waals surface area contributed by atoms with Gasteiger partial charge in [-0.3, -0.25) is 0 Å². The van der Waals surface area contributed by atoms with Crippen LogP contribution in [-0.4, -0.2) is 14.2 Å². The van der Waals surface area contributed by atoms with E-state index in [1.807, 2.05) is 78.9 Å². The van der Waals surface area contributed by atoms with Gasteiger partial charge in [-0.1, -0.05) is 53.6 Å². The molecular weight excluding hydrogens is 669 g/mol. The fourth-order valence-electron chi connectivity index (χ4n) is 6.27. The summed E-state index contributed by atoms with van der Waals surface area (Å²) in [6.07, 6.45) is 0. The topological polar surface area (TPSA) is 43.4 Å². The molecular formula is C48H44N2O4. The second-order valence-corrected chi connectivity index (χ2v) is 13.1. The number of aryl methyl sites for hydroxylation is 2. The van der Waals surface area contributed by atoms with E-state index in [4.69, 9.17) is 18.9 Å². The Kier molecular flexibility index (Phi) is 11.1. The van der Waals surface area contributed by atoms with E-state index in [1.54, 1.807) is 14.2 Å². The zero-order valence-corrected chi connectivity index (χ0v) is 31.1. The summed E-state index contributed by atoms with van der Waals surface area (Å²) in [6, 6.07) is 58.0. The lowest BCUT2D eigenvalue weighted by Crippen LogP contribution is -2.10. The summed E-state index contributed by atoms with van der Waals surface area (Å²) >= 11 is 0. The van der Waals surface area contributed by atoms with Crippen LogP contribution in [0.25, 0.3) is 0 Å². The first-order chi connectivity index (χ1) is 26.4. The highest BCUT2D eigenvalue weighted by molar-refractivity contribution is 5.78. The quantitative estimate of drug-likeness (QED) is 0.112. The summed E-state index contributed by atoms with van der Waals surface area (Å²) in [5.74, 6) is 3.21. The SMILES string of the molecule is COc1ccc(N(c2ccc(OC)cc2)c2ccc(OCc3cccc(COc4ccc(N(c5ccc(C)cc5)c5ccc(C)cc5)cc4)c3)cc2)cc1. The van der Waals surface area contributed by atoms with Crippen LogP contribution >= 0.6 is 0 Å². The Morgan fingerprint density at radius 3 is 0.926 bits per heavy atom. The summed E-state index contributed by atoms with van der Waals surface area (Å²) in [5.41, 5.74) is 10.9. The number of benzene rings is 7. The minimum absolute atomic E-state index is 0.441. The molecule has 0 saturated heterocycles. The van der Waals surface area contributed by atoms with Crippen LogP contribution in [0.4, 0.5) is 34.1 Å². The van der Waals surface area contributed by atoms with Gasteiger partial charge in [0.05, 0.1) is 14.2 Å². The molecule has 7 rings (SSSR count). The van der Waals surface area contributed by atoms with Gasteiger partial charge in [-0.2, -0.15) is 0 Å². The molecule has 0 N–H and O–H groups in total. The van der Waals surface area contributed by atoms with Gasteiger partial charge < -0.3 is 28.7 Å². The van der Waals surface area contributed by atoms with E-state index < -0.39 is 0 Å². The summed E-state index contributed by atoms with van der Waals surface area (Å²) < 4.78 is 23.3. The van der Waals surface area contributed by atoms with E-state index in [1.165, 1.54) is 11.1 Å². The Labute approximate surface area is 318 Å². The van der Waals surface area contributed by atoms with Crippen LogP contribution < -0.4 is 28.7 Å². The maximum absolute atomic E-state index is 6.24. The Bertz CT molecular complexity index is 2140. The van der Waals surface area contributed by atoms with Crippen molar-refractivity contribution in [3.05, 3.63) is 192 Å². The van der Waals surface area contributed by atoms with Gasteiger partial charge in [0, 0.05) is 34.1 Å². The zero-order valence-electron chi connectivity index (χ0n) is 31.1. The number of nitrogens with zero attached hydrogens (tertiary/aromatic N) is 2. The standard InChI is InChI=1S/C48H44N2O4/c1-35-8-12-39(13-9-35)49(40-14-10-36(2)11-15-40)43-20-28-47(29-21-43)53-33-37-6-5-7-38(32-37)34-54-48-30-22-44(23-31-48)50(41-16-24-45(51-3)25-17-41)42-18-26-46(52-4)27-19-42/h5-32H,33-34H2,1-4H3. The van der Waals surface area contributed by atoms with Crippen LogP contribution in [0.5, 0.6) is 23.0 Å². The highest BCUT2D eigenvalue weighted by Crippen LogP contribution is 2.38. The molecule has 0 aliphatic rings. The lowest BCUT2D eigenvalue weighted by Gasteiger charge is -2.26. The van der Waals surface area contributed by atoms with Crippen LogP contribution in [0.2, 0.25) is 0 Å². The second-order valence-electron chi connectivity index (χ2n) is 13.1. The largest absolute Gasteiger partial charge is 0.497 e. The highest BCUT2D eigenvalue weighted by Gasteiger charge is 2.15. The van der Waals surface area contributed by atoms with Crippen molar-refractivity contribution in [1.29, 1.82) is 0 Å². The van der Waals surface area contributed by atoms with E-state index in [2.05, 4.69) is 115 Å². The summed E-state index contributed by atoms with van der Waals surface area (Å²) in [7, 11) is 3.35. The van der Waals surface area contributed by atoms with E-state index in [0.29, 0.717) is 13.2 Å². The van der Waals surface area contributed by atoms with E-state index in [9.17, 15) is 0 Å². The average Bonchev–Trinajstić information content (AvgIpc) is 3.22. The third-order valence-corrected chi connectivity index (χ3v) is 9.24. The van der Waals surface area contributed by atoms with Gasteiger partial charge in [-0.15, -0.1) is 0 Å². The first-order valence-corrected chi connectivity index (χ1v) is 18.0. The average molecular weight is 713 g/mol. The minimum atomic E-state index is 0.441. The first kappa shape index (κ1) is 35.7. The Balaban J connectivity index is 0.993. The number of rotatable bonds is 14. The van der Waals surface area contributed by atoms with Crippen molar-refractivity contribution in [3.63, 3.8) is 0 Å². The molecule has 0 atom stereocenters. The number of methoxy groups -OCH3 is 2. The van der Waals surface area contributed by atoms with Crippen molar-refractivity contribution in [2.45, 2.75) is 27.1 Å². The molecule has 0 spiro atoms. The van der Waals surface area contributed by atoms with Crippen molar-refractivity contribution in [1.82, 2.24) is 0 Å². The van der Waals surface area contributed by atoms with Gasteiger partial charge in [-0.05, 0) is 152 Å². The molecule has 0 bridgehead atoms. The van der Waals surface area contributed by atoms with E-state index in [0.717, 1.165) is 68.2 Å². The zero-order chi connectivity index (χ0) is 37.3. The van der Waals surface area contributed by atoms with Gasteiger partial charge in [0.1, 0.15) is 36.2 Å². The Morgan fingerprint density at radius 1 is 0.352 bits per heavy atom. The summed E-state index contributed by atoms with van der Waals surface area (Å²) in [5, 5.41) is 0. The molecule has 270 valence electrons. The van der Waals surface area contributed by atoms with Gasteiger partial charge in [-0.25, -0.2) is 0 Å². The van der Waals surface area contributed by atoms with Crippen molar-refractivity contribution < 1.29 is 18.9 Å². The van der Waals surface area contributed by atoms with Crippen LogP contribution in [-0.2, 0) is 13.2 Å². The molecule has 6 nitrogen and oxygen atoms in total. The molecule has 0 amide bonds. The lowest BCUT2D eigenvalue weighted by atomic mass is 10.1. The highest BCUT2D eigenvalue weighted by atomic mass is 16.5. The van der Waals surface area contributed by atoms with E-state index >= 15 is 0 Å². The van der Waals surface area contributed by atoms with Gasteiger partial charge in [0.2, 0.25) is 0 Å². The molecule has 0 aromatic heterocycles. The Hall–Kier alpha value is -6.66. The molecule has 0 aliphatic carbocycles. The fraction of sp³-hybridized carbons (Fsp3) is 0.125. The Morgan fingerprint density at radius 2 is 0.630 bits per heavy atom. The molecule has 0 unspecified atom stereocenters. The van der Waals surface area contributed by atoms with Gasteiger partial charge >= 0.3 is 0 Å². The van der Waals surface area contributed by atoms with Crippen molar-refractivity contribution in [3.8, 4) is 23.0 Å². The number of anilines is 6. The normalized spacial score (nSPS) is 10.7. The van der Waals surface area contributed by atoms with Crippen molar-refractivity contribution in [2.75, 3.05) is 24.0 Å². The maximum atomic E-state index is 6.24.